The monoisotopic (exact) mass is 909 g/mol. The van der Waals surface area contributed by atoms with Gasteiger partial charge < -0.3 is 14.2 Å². The minimum atomic E-state index is -0.783. The Hall–Kier alpha value is -2.89. The zero-order valence-corrected chi connectivity index (χ0v) is 43.0. The van der Waals surface area contributed by atoms with Crippen LogP contribution in [0.5, 0.6) is 0 Å². The van der Waals surface area contributed by atoms with Crippen molar-refractivity contribution in [3.05, 3.63) is 60.8 Å². The molecular formula is C59H104O6. The summed E-state index contributed by atoms with van der Waals surface area (Å²) < 4.78 is 16.8. The van der Waals surface area contributed by atoms with Gasteiger partial charge in [-0.1, -0.05) is 229 Å². The molecule has 0 aliphatic heterocycles. The first-order valence-corrected chi connectivity index (χ1v) is 27.8. The van der Waals surface area contributed by atoms with Crippen LogP contribution in [0.3, 0.4) is 0 Å². The van der Waals surface area contributed by atoms with Gasteiger partial charge in [-0.2, -0.15) is 0 Å². The highest BCUT2D eigenvalue weighted by Crippen LogP contribution is 2.15. The van der Waals surface area contributed by atoms with Gasteiger partial charge in [0.25, 0.3) is 0 Å². The van der Waals surface area contributed by atoms with Crippen molar-refractivity contribution in [3.63, 3.8) is 0 Å². The number of unbranched alkanes of at least 4 members (excludes halogenated alkanes) is 29. The van der Waals surface area contributed by atoms with Crippen molar-refractivity contribution in [2.75, 3.05) is 13.2 Å². The molecular weight excluding hydrogens is 805 g/mol. The van der Waals surface area contributed by atoms with Gasteiger partial charge in [-0.3, -0.25) is 14.4 Å². The Kier molecular flexibility index (Phi) is 51.3. The Morgan fingerprint density at radius 2 is 0.554 bits per heavy atom. The third-order valence-corrected chi connectivity index (χ3v) is 12.0. The molecule has 0 bridgehead atoms. The molecule has 0 aliphatic rings. The molecule has 0 unspecified atom stereocenters. The van der Waals surface area contributed by atoms with Gasteiger partial charge in [0.2, 0.25) is 0 Å². The molecule has 65 heavy (non-hydrogen) atoms. The molecule has 0 aromatic heterocycles. The third-order valence-electron chi connectivity index (χ3n) is 12.0. The summed E-state index contributed by atoms with van der Waals surface area (Å²) in [6.45, 7) is 6.57. The maximum absolute atomic E-state index is 12.8. The SMILES string of the molecule is CCCCC/C=C\C/C=C\C/C=C\CCCCCCC(=O)OC[C@H](COC(=O)CCCCCCCCCCCCC)OC(=O)CCCCCCCCCCC/C=C\C/C=C\CCCCC. The van der Waals surface area contributed by atoms with Gasteiger partial charge in [0.05, 0.1) is 0 Å². The molecule has 1 atom stereocenters. The van der Waals surface area contributed by atoms with Crippen molar-refractivity contribution in [2.45, 2.75) is 284 Å². The minimum absolute atomic E-state index is 0.0812. The van der Waals surface area contributed by atoms with E-state index in [1.165, 1.54) is 148 Å². The smallest absolute Gasteiger partial charge is 0.306 e. The van der Waals surface area contributed by atoms with Crippen LogP contribution in [-0.4, -0.2) is 37.2 Å². The van der Waals surface area contributed by atoms with Crippen LogP contribution in [0.4, 0.5) is 0 Å². The molecule has 0 heterocycles. The lowest BCUT2D eigenvalue weighted by molar-refractivity contribution is -0.167. The quantitative estimate of drug-likeness (QED) is 0.0262. The number of rotatable bonds is 50. The Labute approximate surface area is 402 Å². The summed E-state index contributed by atoms with van der Waals surface area (Å²) in [5, 5.41) is 0. The number of carbonyl (C=O) groups is 3. The van der Waals surface area contributed by atoms with E-state index in [2.05, 4.69) is 81.5 Å². The van der Waals surface area contributed by atoms with Gasteiger partial charge in [-0.15, -0.1) is 0 Å². The standard InChI is InChI=1S/C59H104O6/c1-4-7-10-13-16-19-22-24-26-28-29-31-33-35-38-41-44-47-50-53-59(62)65-56(54-63-57(60)51-48-45-42-39-36-21-18-15-12-9-6-3)55-64-58(61)52-49-46-43-40-37-34-32-30-27-25-23-20-17-14-11-8-5-2/h16-17,19-20,24-27,32,34,56H,4-15,18,21-23,28-31,33,35-55H2,1-3H3/b19-16-,20-17-,26-24-,27-25-,34-32-/t56-/m0/s1. The number of carbonyl (C=O) groups excluding carboxylic acids is 3. The fraction of sp³-hybridized carbons (Fsp3) is 0.780. The molecule has 0 N–H and O–H groups in total. The zero-order chi connectivity index (χ0) is 47.2. The van der Waals surface area contributed by atoms with E-state index in [4.69, 9.17) is 14.2 Å². The Morgan fingerprint density at radius 3 is 0.892 bits per heavy atom. The largest absolute Gasteiger partial charge is 0.462 e. The van der Waals surface area contributed by atoms with Crippen LogP contribution in [-0.2, 0) is 28.6 Å². The van der Waals surface area contributed by atoms with Gasteiger partial charge in [0.15, 0.2) is 6.10 Å². The molecule has 376 valence electrons. The molecule has 0 rings (SSSR count). The van der Waals surface area contributed by atoms with E-state index in [9.17, 15) is 14.4 Å². The zero-order valence-electron chi connectivity index (χ0n) is 43.0. The fourth-order valence-corrected chi connectivity index (χ4v) is 7.77. The number of hydrogen-bond donors (Lipinski definition) is 0. The number of allylic oxidation sites excluding steroid dienone is 10. The highest BCUT2D eigenvalue weighted by Gasteiger charge is 2.19. The van der Waals surface area contributed by atoms with Crippen LogP contribution in [0, 0.1) is 0 Å². The first kappa shape index (κ1) is 62.1. The van der Waals surface area contributed by atoms with E-state index in [-0.39, 0.29) is 31.1 Å². The molecule has 0 saturated heterocycles. The average molecular weight is 909 g/mol. The second-order valence-corrected chi connectivity index (χ2v) is 18.5. The van der Waals surface area contributed by atoms with Gasteiger partial charge >= 0.3 is 17.9 Å². The lowest BCUT2D eigenvalue weighted by Crippen LogP contribution is -2.30. The molecule has 0 amide bonds. The van der Waals surface area contributed by atoms with E-state index in [0.717, 1.165) is 89.9 Å². The fourth-order valence-electron chi connectivity index (χ4n) is 7.77. The molecule has 6 nitrogen and oxygen atoms in total. The van der Waals surface area contributed by atoms with E-state index in [1.807, 2.05) is 0 Å². The van der Waals surface area contributed by atoms with Crippen molar-refractivity contribution >= 4 is 17.9 Å². The lowest BCUT2D eigenvalue weighted by atomic mass is 10.1. The summed E-state index contributed by atoms with van der Waals surface area (Å²) in [4.78, 5) is 38.0. The summed E-state index contributed by atoms with van der Waals surface area (Å²) >= 11 is 0. The molecule has 0 radical (unpaired) electrons. The highest BCUT2D eigenvalue weighted by atomic mass is 16.6. The third kappa shape index (κ3) is 51.9. The Balaban J connectivity index is 4.38. The van der Waals surface area contributed by atoms with E-state index in [0.29, 0.717) is 19.3 Å². The molecule has 6 heteroatoms. The molecule has 0 aliphatic carbocycles. The molecule has 0 saturated carbocycles. The molecule has 0 spiro atoms. The van der Waals surface area contributed by atoms with E-state index >= 15 is 0 Å². The van der Waals surface area contributed by atoms with Gasteiger partial charge in [0.1, 0.15) is 13.2 Å². The van der Waals surface area contributed by atoms with Gasteiger partial charge in [0, 0.05) is 19.3 Å². The number of esters is 3. The van der Waals surface area contributed by atoms with Crippen LogP contribution in [0.25, 0.3) is 0 Å². The van der Waals surface area contributed by atoms with Gasteiger partial charge in [-0.25, -0.2) is 0 Å². The maximum atomic E-state index is 12.8. The molecule has 0 fully saturated rings. The van der Waals surface area contributed by atoms with Crippen molar-refractivity contribution in [1.82, 2.24) is 0 Å². The second-order valence-electron chi connectivity index (χ2n) is 18.5. The summed E-state index contributed by atoms with van der Waals surface area (Å²) in [5.74, 6) is -0.900. The highest BCUT2D eigenvalue weighted by molar-refractivity contribution is 5.71. The van der Waals surface area contributed by atoms with Crippen LogP contribution >= 0.6 is 0 Å². The number of hydrogen-bond acceptors (Lipinski definition) is 6. The van der Waals surface area contributed by atoms with Crippen LogP contribution in [0.2, 0.25) is 0 Å². The summed E-state index contributed by atoms with van der Waals surface area (Å²) in [6.07, 6.45) is 66.3. The van der Waals surface area contributed by atoms with Crippen molar-refractivity contribution in [2.24, 2.45) is 0 Å². The van der Waals surface area contributed by atoms with E-state index in [1.54, 1.807) is 0 Å². The second kappa shape index (κ2) is 53.7. The van der Waals surface area contributed by atoms with Crippen LogP contribution < -0.4 is 0 Å². The van der Waals surface area contributed by atoms with Crippen molar-refractivity contribution < 1.29 is 28.6 Å². The predicted octanol–water partition coefficient (Wildman–Crippen LogP) is 18.4. The normalized spacial score (nSPS) is 12.5. The van der Waals surface area contributed by atoms with Gasteiger partial charge in [-0.05, 0) is 89.9 Å². The molecule has 0 aromatic rings. The first-order chi connectivity index (χ1) is 32.0. The van der Waals surface area contributed by atoms with Crippen LogP contribution in [0.1, 0.15) is 278 Å². The summed E-state index contributed by atoms with van der Waals surface area (Å²) in [7, 11) is 0. The Bertz CT molecular complexity index is 1180. The maximum Gasteiger partial charge on any atom is 0.306 e. The number of ether oxygens (including phenoxy) is 3. The van der Waals surface area contributed by atoms with Crippen molar-refractivity contribution in [3.8, 4) is 0 Å². The first-order valence-electron chi connectivity index (χ1n) is 27.8. The lowest BCUT2D eigenvalue weighted by Gasteiger charge is -2.18. The summed E-state index contributed by atoms with van der Waals surface area (Å²) in [6, 6.07) is 0. The summed E-state index contributed by atoms with van der Waals surface area (Å²) in [5.41, 5.74) is 0. The topological polar surface area (TPSA) is 78.9 Å². The molecule has 0 aromatic carbocycles. The average Bonchev–Trinajstić information content (AvgIpc) is 3.30. The predicted molar refractivity (Wildman–Crippen MR) is 279 cm³/mol. The van der Waals surface area contributed by atoms with E-state index < -0.39 is 6.10 Å². The van der Waals surface area contributed by atoms with Crippen LogP contribution in [0.15, 0.2) is 60.8 Å². The Morgan fingerprint density at radius 1 is 0.308 bits per heavy atom. The van der Waals surface area contributed by atoms with Crippen molar-refractivity contribution in [1.29, 1.82) is 0 Å². The minimum Gasteiger partial charge on any atom is -0.462 e.